The van der Waals surface area contributed by atoms with Gasteiger partial charge in [0, 0.05) is 18.2 Å². The molecule has 0 aromatic carbocycles. The molecule has 3 N–H and O–H groups in total. The van der Waals surface area contributed by atoms with Gasteiger partial charge in [0.1, 0.15) is 0 Å². The van der Waals surface area contributed by atoms with Gasteiger partial charge >= 0.3 is 0 Å². The first-order valence-corrected chi connectivity index (χ1v) is 4.99. The number of nitrogens with one attached hydrogen (secondary N) is 1. The van der Waals surface area contributed by atoms with Gasteiger partial charge in [-0.3, -0.25) is 4.79 Å². The zero-order chi connectivity index (χ0) is 11.6. The zero-order valence-electron chi connectivity index (χ0n) is 9.34. The van der Waals surface area contributed by atoms with Crippen LogP contribution in [0.5, 0.6) is 0 Å². The van der Waals surface area contributed by atoms with Gasteiger partial charge in [0.25, 0.3) is 0 Å². The van der Waals surface area contributed by atoms with Crippen molar-refractivity contribution in [3.8, 4) is 0 Å². The highest BCUT2D eigenvalue weighted by atomic mass is 16.2. The molecular weight excluding hydrogens is 188 g/mol. The van der Waals surface area contributed by atoms with Gasteiger partial charge in [0.15, 0.2) is 0 Å². The fraction of sp³-hybridized carbons (Fsp3) is 0.417. The quantitative estimate of drug-likeness (QED) is 0.685. The molecular formula is C12H18N2O. The molecule has 1 fully saturated rings. The molecule has 1 amide bonds. The van der Waals surface area contributed by atoms with E-state index in [2.05, 4.69) is 18.5 Å². The topological polar surface area (TPSA) is 55.1 Å². The summed E-state index contributed by atoms with van der Waals surface area (Å²) in [6.45, 7) is 12.0. The standard InChI is InChI=1S/C12H18N2O/c1-7(2)5-8(3)10-6-14-12(15)11(10)9(4)13/h5,10-11H,1,4,6,13H2,2-3H3,(H,14,15)/b8-5+/t10?,11-/m1/s1. The minimum absolute atomic E-state index is 0.0260. The maximum absolute atomic E-state index is 11.5. The van der Waals surface area contributed by atoms with Gasteiger partial charge < -0.3 is 11.1 Å². The van der Waals surface area contributed by atoms with Crippen LogP contribution in [-0.2, 0) is 4.79 Å². The van der Waals surface area contributed by atoms with Crippen LogP contribution in [0.15, 0.2) is 36.1 Å². The van der Waals surface area contributed by atoms with Crippen molar-refractivity contribution in [2.75, 3.05) is 6.54 Å². The van der Waals surface area contributed by atoms with Crippen molar-refractivity contribution in [2.45, 2.75) is 13.8 Å². The number of hydrogen-bond acceptors (Lipinski definition) is 2. The first kappa shape index (κ1) is 11.6. The van der Waals surface area contributed by atoms with E-state index in [1.807, 2.05) is 19.9 Å². The number of rotatable bonds is 3. The van der Waals surface area contributed by atoms with Gasteiger partial charge in [-0.05, 0) is 13.8 Å². The second kappa shape index (κ2) is 4.34. The molecule has 82 valence electrons. The Balaban J connectivity index is 2.91. The van der Waals surface area contributed by atoms with Crippen LogP contribution in [0, 0.1) is 11.8 Å². The molecule has 1 rings (SSSR count). The molecule has 1 heterocycles. The Morgan fingerprint density at radius 3 is 2.60 bits per heavy atom. The molecule has 0 bridgehead atoms. The second-order valence-electron chi connectivity index (χ2n) is 4.14. The van der Waals surface area contributed by atoms with E-state index in [-0.39, 0.29) is 17.7 Å². The average Bonchev–Trinajstić information content (AvgIpc) is 2.45. The summed E-state index contributed by atoms with van der Waals surface area (Å²) >= 11 is 0. The highest BCUT2D eigenvalue weighted by molar-refractivity contribution is 5.84. The van der Waals surface area contributed by atoms with E-state index in [0.717, 1.165) is 11.1 Å². The smallest absolute Gasteiger partial charge is 0.229 e. The Morgan fingerprint density at radius 2 is 2.13 bits per heavy atom. The van der Waals surface area contributed by atoms with Crippen LogP contribution in [0.2, 0.25) is 0 Å². The summed E-state index contributed by atoms with van der Waals surface area (Å²) in [4.78, 5) is 11.5. The minimum atomic E-state index is -0.291. The SMILES string of the molecule is C=C(C)/C=C(\C)C1CNC(=O)[C@@H]1C(=C)N. The molecule has 0 spiro atoms. The van der Waals surface area contributed by atoms with Crippen molar-refractivity contribution in [3.05, 3.63) is 36.1 Å². The lowest BCUT2D eigenvalue weighted by atomic mass is 9.86. The van der Waals surface area contributed by atoms with Gasteiger partial charge in [-0.25, -0.2) is 0 Å². The Bertz CT molecular complexity index is 342. The van der Waals surface area contributed by atoms with E-state index in [4.69, 9.17) is 5.73 Å². The van der Waals surface area contributed by atoms with Crippen molar-refractivity contribution in [1.29, 1.82) is 0 Å². The first-order chi connectivity index (χ1) is 6.93. The van der Waals surface area contributed by atoms with Crippen LogP contribution in [0.3, 0.4) is 0 Å². The lowest BCUT2D eigenvalue weighted by Gasteiger charge is -2.17. The molecule has 1 saturated heterocycles. The molecule has 3 heteroatoms. The summed E-state index contributed by atoms with van der Waals surface area (Å²) < 4.78 is 0. The Morgan fingerprint density at radius 1 is 1.53 bits per heavy atom. The van der Waals surface area contributed by atoms with E-state index in [9.17, 15) is 4.79 Å². The number of nitrogens with two attached hydrogens (primary N) is 1. The van der Waals surface area contributed by atoms with Gasteiger partial charge in [-0.1, -0.05) is 30.4 Å². The van der Waals surface area contributed by atoms with Crippen LogP contribution < -0.4 is 11.1 Å². The van der Waals surface area contributed by atoms with Crippen LogP contribution in [0.25, 0.3) is 0 Å². The van der Waals surface area contributed by atoms with E-state index >= 15 is 0 Å². The summed E-state index contributed by atoms with van der Waals surface area (Å²) in [5, 5.41) is 2.80. The van der Waals surface area contributed by atoms with E-state index < -0.39 is 0 Å². The third-order valence-corrected chi connectivity index (χ3v) is 2.64. The number of allylic oxidation sites excluding steroid dienone is 2. The largest absolute Gasteiger partial charge is 0.402 e. The number of amides is 1. The maximum Gasteiger partial charge on any atom is 0.229 e. The van der Waals surface area contributed by atoms with Crippen LogP contribution in [0.4, 0.5) is 0 Å². The summed E-state index contributed by atoms with van der Waals surface area (Å²) in [7, 11) is 0. The summed E-state index contributed by atoms with van der Waals surface area (Å²) in [6, 6.07) is 0. The monoisotopic (exact) mass is 206 g/mol. The third-order valence-electron chi connectivity index (χ3n) is 2.64. The number of carbonyl (C=O) groups is 1. The van der Waals surface area contributed by atoms with Crippen LogP contribution in [-0.4, -0.2) is 12.5 Å². The molecule has 0 aromatic rings. The second-order valence-corrected chi connectivity index (χ2v) is 4.14. The van der Waals surface area contributed by atoms with Gasteiger partial charge in [0.2, 0.25) is 5.91 Å². The molecule has 0 aromatic heterocycles. The van der Waals surface area contributed by atoms with Crippen molar-refractivity contribution in [3.63, 3.8) is 0 Å². The van der Waals surface area contributed by atoms with Gasteiger partial charge in [0.05, 0.1) is 5.92 Å². The van der Waals surface area contributed by atoms with Gasteiger partial charge in [-0.15, -0.1) is 0 Å². The van der Waals surface area contributed by atoms with Crippen molar-refractivity contribution in [2.24, 2.45) is 17.6 Å². The van der Waals surface area contributed by atoms with E-state index in [1.54, 1.807) is 0 Å². The molecule has 1 aliphatic heterocycles. The lowest BCUT2D eigenvalue weighted by molar-refractivity contribution is -0.121. The maximum atomic E-state index is 11.5. The highest BCUT2D eigenvalue weighted by Gasteiger charge is 2.36. The Hall–Kier alpha value is -1.51. The first-order valence-electron chi connectivity index (χ1n) is 4.99. The molecule has 3 nitrogen and oxygen atoms in total. The van der Waals surface area contributed by atoms with E-state index in [0.29, 0.717) is 12.2 Å². The molecule has 1 unspecified atom stereocenters. The van der Waals surface area contributed by atoms with E-state index in [1.165, 1.54) is 0 Å². The summed E-state index contributed by atoms with van der Waals surface area (Å²) in [5.41, 5.74) is 8.18. The predicted octanol–water partition coefficient (Wildman–Crippen LogP) is 1.34. The minimum Gasteiger partial charge on any atom is -0.402 e. The van der Waals surface area contributed by atoms with Crippen LogP contribution >= 0.6 is 0 Å². The fourth-order valence-corrected chi connectivity index (χ4v) is 1.97. The lowest BCUT2D eigenvalue weighted by Crippen LogP contribution is -2.25. The average molecular weight is 206 g/mol. The predicted molar refractivity (Wildman–Crippen MR) is 61.9 cm³/mol. The van der Waals surface area contributed by atoms with Crippen molar-refractivity contribution in [1.82, 2.24) is 5.32 Å². The molecule has 0 saturated carbocycles. The number of hydrogen-bond donors (Lipinski definition) is 2. The Labute approximate surface area is 90.7 Å². The molecule has 15 heavy (non-hydrogen) atoms. The van der Waals surface area contributed by atoms with Crippen molar-refractivity contribution >= 4 is 5.91 Å². The number of carbonyl (C=O) groups excluding carboxylic acids is 1. The molecule has 0 aliphatic carbocycles. The van der Waals surface area contributed by atoms with Crippen molar-refractivity contribution < 1.29 is 4.79 Å². The molecule has 1 aliphatic rings. The van der Waals surface area contributed by atoms with Crippen LogP contribution in [0.1, 0.15) is 13.8 Å². The van der Waals surface area contributed by atoms with Gasteiger partial charge in [-0.2, -0.15) is 0 Å². The zero-order valence-corrected chi connectivity index (χ0v) is 9.34. The molecule has 0 radical (unpaired) electrons. The fourth-order valence-electron chi connectivity index (χ4n) is 1.97. The molecule has 2 atom stereocenters. The summed E-state index contributed by atoms with van der Waals surface area (Å²) in [6.07, 6.45) is 1.99. The normalized spacial score (nSPS) is 26.3. The summed E-state index contributed by atoms with van der Waals surface area (Å²) in [5.74, 6) is -0.200. The Kier molecular flexibility index (Phi) is 3.35. The third kappa shape index (κ3) is 2.49. The highest BCUT2D eigenvalue weighted by Crippen LogP contribution is 2.28.